The van der Waals surface area contributed by atoms with Gasteiger partial charge in [-0.25, -0.2) is 4.98 Å². The Morgan fingerprint density at radius 3 is 2.70 bits per heavy atom. The van der Waals surface area contributed by atoms with Crippen LogP contribution in [0.4, 0.5) is 0 Å². The molecule has 0 bridgehead atoms. The van der Waals surface area contributed by atoms with E-state index in [0.29, 0.717) is 19.7 Å². The summed E-state index contributed by atoms with van der Waals surface area (Å²) in [6.45, 7) is 2.92. The van der Waals surface area contributed by atoms with Crippen molar-refractivity contribution in [3.05, 3.63) is 63.9 Å². The van der Waals surface area contributed by atoms with Crippen molar-refractivity contribution in [3.8, 4) is 0 Å². The van der Waals surface area contributed by atoms with E-state index in [4.69, 9.17) is 38.7 Å². The molecule has 1 saturated heterocycles. The van der Waals surface area contributed by atoms with Crippen molar-refractivity contribution in [2.24, 2.45) is 5.73 Å². The molecule has 198 valence electrons. The average molecular weight is 546 g/mol. The van der Waals surface area contributed by atoms with Gasteiger partial charge in [0.15, 0.2) is 0 Å². The van der Waals surface area contributed by atoms with Crippen molar-refractivity contribution in [3.63, 3.8) is 0 Å². The standard InChI is InChI=1S/C27H33Cl2N5O3/c1-37-14-6-13-34-23-11-3-2-10-22(23)32-26(34)18-7-5-12-33(17-18)24(35)15-19(30)16-31-27(36)25-20(28)8-4-9-21(25)29/h2-4,8-11,18-19H,5-7,12-17,30H2,1H3,(H,31,36)/t18-,19+/m1/s1. The van der Waals surface area contributed by atoms with E-state index >= 15 is 0 Å². The van der Waals surface area contributed by atoms with Gasteiger partial charge in [-0.15, -0.1) is 0 Å². The number of nitrogens with zero attached hydrogens (tertiary/aromatic N) is 3. The fraction of sp³-hybridized carbons (Fsp3) is 0.444. The lowest BCUT2D eigenvalue weighted by Gasteiger charge is -2.33. The van der Waals surface area contributed by atoms with E-state index < -0.39 is 11.9 Å². The maximum Gasteiger partial charge on any atom is 0.254 e. The largest absolute Gasteiger partial charge is 0.385 e. The number of carbonyl (C=O) groups is 2. The number of benzene rings is 2. The van der Waals surface area contributed by atoms with Crippen molar-refractivity contribution < 1.29 is 14.3 Å². The highest BCUT2D eigenvalue weighted by Gasteiger charge is 2.29. The van der Waals surface area contributed by atoms with Crippen LogP contribution >= 0.6 is 23.2 Å². The summed E-state index contributed by atoms with van der Waals surface area (Å²) in [5, 5.41) is 3.27. The lowest BCUT2D eigenvalue weighted by atomic mass is 9.96. The fourth-order valence-electron chi connectivity index (χ4n) is 4.87. The molecule has 0 unspecified atom stereocenters. The van der Waals surface area contributed by atoms with Gasteiger partial charge in [0.1, 0.15) is 5.82 Å². The van der Waals surface area contributed by atoms with Gasteiger partial charge in [-0.05, 0) is 43.5 Å². The molecule has 37 heavy (non-hydrogen) atoms. The molecule has 2 heterocycles. The number of amides is 2. The number of para-hydroxylation sites is 2. The van der Waals surface area contributed by atoms with E-state index in [0.717, 1.165) is 42.7 Å². The highest BCUT2D eigenvalue weighted by molar-refractivity contribution is 6.39. The zero-order valence-electron chi connectivity index (χ0n) is 21.0. The van der Waals surface area contributed by atoms with Crippen molar-refractivity contribution in [1.29, 1.82) is 0 Å². The molecule has 4 rings (SSSR count). The molecule has 0 spiro atoms. The number of imidazole rings is 1. The zero-order valence-corrected chi connectivity index (χ0v) is 22.5. The van der Waals surface area contributed by atoms with Gasteiger partial charge in [0.05, 0.1) is 26.6 Å². The van der Waals surface area contributed by atoms with Gasteiger partial charge in [0, 0.05) is 58.3 Å². The number of hydrogen-bond acceptors (Lipinski definition) is 5. The molecular formula is C27H33Cl2N5O3. The van der Waals surface area contributed by atoms with E-state index in [1.54, 1.807) is 25.3 Å². The Kier molecular flexibility index (Phi) is 9.43. The Morgan fingerprint density at radius 2 is 1.95 bits per heavy atom. The number of likely N-dealkylation sites (tertiary alicyclic amines) is 1. The molecule has 1 aromatic heterocycles. The van der Waals surface area contributed by atoms with Crippen molar-refractivity contribution >= 4 is 46.0 Å². The predicted octanol–water partition coefficient (Wildman–Crippen LogP) is 4.23. The number of nitrogens with two attached hydrogens (primary N) is 1. The van der Waals surface area contributed by atoms with E-state index in [9.17, 15) is 9.59 Å². The Bertz CT molecular complexity index is 1230. The highest BCUT2D eigenvalue weighted by atomic mass is 35.5. The monoisotopic (exact) mass is 545 g/mol. The predicted molar refractivity (Wildman–Crippen MR) is 146 cm³/mol. The van der Waals surface area contributed by atoms with Gasteiger partial charge < -0.3 is 25.3 Å². The number of nitrogens with one attached hydrogen (secondary N) is 1. The average Bonchev–Trinajstić information content (AvgIpc) is 3.26. The second-order valence-corrected chi connectivity index (χ2v) is 10.2. The van der Waals surface area contributed by atoms with Crippen molar-refractivity contribution in [1.82, 2.24) is 19.8 Å². The van der Waals surface area contributed by atoms with Crippen LogP contribution in [0.3, 0.4) is 0 Å². The van der Waals surface area contributed by atoms with Gasteiger partial charge >= 0.3 is 0 Å². The Balaban J connectivity index is 1.37. The van der Waals surface area contributed by atoms with E-state index in [-0.39, 0.29) is 40.4 Å². The molecule has 1 aliphatic rings. The molecule has 2 amide bonds. The lowest BCUT2D eigenvalue weighted by Crippen LogP contribution is -2.45. The summed E-state index contributed by atoms with van der Waals surface area (Å²) in [6, 6.07) is 12.5. The smallest absolute Gasteiger partial charge is 0.254 e. The van der Waals surface area contributed by atoms with Gasteiger partial charge in [-0.3, -0.25) is 9.59 Å². The lowest BCUT2D eigenvalue weighted by molar-refractivity contribution is -0.132. The van der Waals surface area contributed by atoms with Gasteiger partial charge in [-0.2, -0.15) is 0 Å². The Hall–Kier alpha value is -2.65. The molecule has 1 fully saturated rings. The zero-order chi connectivity index (χ0) is 26.4. The third-order valence-corrected chi connectivity index (χ3v) is 7.33. The molecule has 1 aliphatic heterocycles. The summed E-state index contributed by atoms with van der Waals surface area (Å²) < 4.78 is 7.53. The summed E-state index contributed by atoms with van der Waals surface area (Å²) in [5.41, 5.74) is 8.49. The second kappa shape index (κ2) is 12.7. The van der Waals surface area contributed by atoms with Crippen LogP contribution < -0.4 is 11.1 Å². The number of ether oxygens (including phenoxy) is 1. The van der Waals surface area contributed by atoms with Crippen molar-refractivity contribution in [2.45, 2.75) is 44.2 Å². The number of piperidine rings is 1. The van der Waals surface area contributed by atoms with Gasteiger partial charge in [-0.1, -0.05) is 41.4 Å². The number of rotatable bonds is 10. The number of fused-ring (bicyclic) bond motifs is 1. The molecule has 2 aromatic carbocycles. The first-order valence-corrected chi connectivity index (χ1v) is 13.3. The molecule has 10 heteroatoms. The SMILES string of the molecule is COCCCn1c([C@@H]2CCCN(C(=O)C[C@H](N)CNC(=O)c3c(Cl)cccc3Cl)C2)nc2ccccc21. The van der Waals surface area contributed by atoms with Gasteiger partial charge in [0.2, 0.25) is 5.91 Å². The Labute approximate surface area is 227 Å². The van der Waals surface area contributed by atoms with Crippen LogP contribution in [0.15, 0.2) is 42.5 Å². The van der Waals surface area contributed by atoms with E-state index in [2.05, 4.69) is 16.0 Å². The number of aryl methyl sites for hydroxylation is 1. The minimum Gasteiger partial charge on any atom is -0.385 e. The summed E-state index contributed by atoms with van der Waals surface area (Å²) in [6.07, 6.45) is 2.89. The molecule has 0 saturated carbocycles. The summed E-state index contributed by atoms with van der Waals surface area (Å²) in [7, 11) is 1.71. The first-order valence-electron chi connectivity index (χ1n) is 12.6. The number of methoxy groups -OCH3 is 1. The highest BCUT2D eigenvalue weighted by Crippen LogP contribution is 2.30. The molecule has 0 aliphatic carbocycles. The van der Waals surface area contributed by atoms with Crippen molar-refractivity contribution in [2.75, 3.05) is 33.4 Å². The first-order chi connectivity index (χ1) is 17.9. The van der Waals surface area contributed by atoms with Crippen LogP contribution in [0.5, 0.6) is 0 Å². The topological polar surface area (TPSA) is 102 Å². The molecule has 2 atom stereocenters. The first kappa shape index (κ1) is 27.4. The van der Waals surface area contributed by atoms with E-state index in [1.165, 1.54) is 0 Å². The van der Waals surface area contributed by atoms with Crippen LogP contribution in [0.25, 0.3) is 11.0 Å². The third kappa shape index (κ3) is 6.62. The summed E-state index contributed by atoms with van der Waals surface area (Å²) >= 11 is 12.2. The third-order valence-electron chi connectivity index (χ3n) is 6.70. The summed E-state index contributed by atoms with van der Waals surface area (Å²) in [4.78, 5) is 32.5. The Morgan fingerprint density at radius 1 is 1.19 bits per heavy atom. The number of aromatic nitrogens is 2. The minimum atomic E-state index is -0.531. The molecular weight excluding hydrogens is 513 g/mol. The molecule has 3 N–H and O–H groups in total. The molecule has 8 nitrogen and oxygen atoms in total. The fourth-order valence-corrected chi connectivity index (χ4v) is 5.44. The van der Waals surface area contributed by atoms with Gasteiger partial charge in [0.25, 0.3) is 5.91 Å². The van der Waals surface area contributed by atoms with Crippen LogP contribution in [0.1, 0.15) is 47.8 Å². The quantitative estimate of drug-likeness (QED) is 0.371. The number of halogens is 2. The minimum absolute atomic E-state index is 0.0238. The van der Waals surface area contributed by atoms with Crippen LogP contribution in [-0.4, -0.2) is 65.7 Å². The van der Waals surface area contributed by atoms with Crippen LogP contribution in [0.2, 0.25) is 10.0 Å². The number of hydrogen-bond donors (Lipinski definition) is 2. The second-order valence-electron chi connectivity index (χ2n) is 9.41. The van der Waals surface area contributed by atoms with Crippen LogP contribution in [-0.2, 0) is 16.1 Å². The maximum atomic E-state index is 13.1. The van der Waals surface area contributed by atoms with Crippen LogP contribution in [0, 0.1) is 0 Å². The number of carbonyl (C=O) groups excluding carboxylic acids is 2. The maximum absolute atomic E-state index is 13.1. The van der Waals surface area contributed by atoms with E-state index in [1.807, 2.05) is 23.1 Å². The summed E-state index contributed by atoms with van der Waals surface area (Å²) in [5.74, 6) is 0.724. The normalized spacial score (nSPS) is 16.6. The molecule has 0 radical (unpaired) electrons. The molecule has 3 aromatic rings.